The van der Waals surface area contributed by atoms with Crippen molar-refractivity contribution in [1.82, 2.24) is 5.32 Å². The number of unbranched alkanes of at least 4 members (excludes halogenated alkanes) is 25. The molecular formula is C46H87NO5. The molecular weight excluding hydrogens is 647 g/mol. The monoisotopic (exact) mass is 734 g/mol. The number of aliphatic hydroxyl groups is 4. The molecule has 0 radical (unpaired) electrons. The second kappa shape index (κ2) is 40.7. The molecule has 0 saturated carbocycles. The molecule has 6 nitrogen and oxygen atoms in total. The summed E-state index contributed by atoms with van der Waals surface area (Å²) in [5.41, 5.74) is 0. The molecule has 0 aliphatic heterocycles. The number of rotatable bonds is 40. The third kappa shape index (κ3) is 34.3. The Bertz CT molecular complexity index is 828. The van der Waals surface area contributed by atoms with E-state index in [9.17, 15) is 25.2 Å². The van der Waals surface area contributed by atoms with Crippen molar-refractivity contribution in [2.45, 2.75) is 244 Å². The minimum absolute atomic E-state index is 0.356. The topological polar surface area (TPSA) is 110 Å². The third-order valence-corrected chi connectivity index (χ3v) is 10.3. The van der Waals surface area contributed by atoms with E-state index < -0.39 is 36.9 Å². The molecule has 0 aromatic rings. The summed E-state index contributed by atoms with van der Waals surface area (Å²) in [6.07, 6.45) is 47.5. The van der Waals surface area contributed by atoms with E-state index in [1.807, 2.05) is 0 Å². The van der Waals surface area contributed by atoms with Crippen molar-refractivity contribution in [3.05, 3.63) is 36.5 Å². The Morgan fingerprint density at radius 3 is 1.27 bits per heavy atom. The first-order valence-corrected chi connectivity index (χ1v) is 22.4. The van der Waals surface area contributed by atoms with Gasteiger partial charge in [0.1, 0.15) is 12.2 Å². The molecule has 0 rings (SSSR count). The molecule has 306 valence electrons. The fourth-order valence-electron chi connectivity index (χ4n) is 6.73. The highest BCUT2D eigenvalue weighted by Gasteiger charge is 2.28. The average Bonchev–Trinajstić information content (AvgIpc) is 3.15. The highest BCUT2D eigenvalue weighted by atomic mass is 16.3. The molecule has 0 saturated heterocycles. The van der Waals surface area contributed by atoms with E-state index in [0.717, 1.165) is 51.4 Å². The van der Waals surface area contributed by atoms with Gasteiger partial charge in [0.15, 0.2) is 0 Å². The highest BCUT2D eigenvalue weighted by Crippen LogP contribution is 2.15. The van der Waals surface area contributed by atoms with Gasteiger partial charge >= 0.3 is 0 Å². The Hall–Kier alpha value is -1.47. The molecule has 0 heterocycles. The Kier molecular flexibility index (Phi) is 39.6. The van der Waals surface area contributed by atoms with Crippen LogP contribution in [0.2, 0.25) is 0 Å². The highest BCUT2D eigenvalue weighted by molar-refractivity contribution is 5.80. The molecule has 1 amide bonds. The van der Waals surface area contributed by atoms with Gasteiger partial charge in [-0.1, -0.05) is 185 Å². The number of nitrogens with one attached hydrogen (secondary N) is 1. The zero-order valence-electron chi connectivity index (χ0n) is 34.3. The van der Waals surface area contributed by atoms with E-state index in [2.05, 4.69) is 55.6 Å². The van der Waals surface area contributed by atoms with Crippen LogP contribution in [0.15, 0.2) is 36.5 Å². The van der Waals surface area contributed by atoms with Gasteiger partial charge in [0.25, 0.3) is 0 Å². The fourth-order valence-corrected chi connectivity index (χ4v) is 6.73. The lowest BCUT2D eigenvalue weighted by atomic mass is 10.00. The van der Waals surface area contributed by atoms with E-state index in [1.165, 1.54) is 141 Å². The summed E-state index contributed by atoms with van der Waals surface area (Å²) < 4.78 is 0. The molecule has 5 N–H and O–H groups in total. The summed E-state index contributed by atoms with van der Waals surface area (Å²) in [5.74, 6) is -0.599. The van der Waals surface area contributed by atoms with Gasteiger partial charge in [0.2, 0.25) is 5.91 Å². The second-order valence-corrected chi connectivity index (χ2v) is 15.4. The molecule has 0 fully saturated rings. The largest absolute Gasteiger partial charge is 0.394 e. The molecule has 0 aliphatic rings. The molecule has 6 heteroatoms. The van der Waals surface area contributed by atoms with Crippen LogP contribution in [0.5, 0.6) is 0 Å². The van der Waals surface area contributed by atoms with Crippen molar-refractivity contribution in [2.24, 2.45) is 0 Å². The molecule has 0 aromatic heterocycles. The normalized spacial score (nSPS) is 14.5. The number of amides is 1. The summed E-state index contributed by atoms with van der Waals surface area (Å²) in [7, 11) is 0. The van der Waals surface area contributed by atoms with Crippen LogP contribution in [0.25, 0.3) is 0 Å². The maximum Gasteiger partial charge on any atom is 0.249 e. The summed E-state index contributed by atoms with van der Waals surface area (Å²) >= 11 is 0. The van der Waals surface area contributed by atoms with Gasteiger partial charge < -0.3 is 25.7 Å². The first kappa shape index (κ1) is 50.5. The minimum atomic E-state index is -1.28. The molecule has 4 unspecified atom stereocenters. The minimum Gasteiger partial charge on any atom is -0.394 e. The van der Waals surface area contributed by atoms with Crippen LogP contribution in [-0.4, -0.2) is 57.3 Å². The maximum atomic E-state index is 12.5. The SMILES string of the molecule is CCCCCCCCC/C=C/CCCC(O)C(O)C(CO)NC(=O)C(O)CCCCCCCCCC/C=C\C/C=C\CCCCCCCCCCC. The summed E-state index contributed by atoms with van der Waals surface area (Å²) in [6.45, 7) is 4.02. The van der Waals surface area contributed by atoms with Gasteiger partial charge in [-0.3, -0.25) is 4.79 Å². The van der Waals surface area contributed by atoms with Crippen molar-refractivity contribution in [3.8, 4) is 0 Å². The first-order chi connectivity index (χ1) is 25.5. The Morgan fingerprint density at radius 1 is 0.481 bits per heavy atom. The predicted molar refractivity (Wildman–Crippen MR) is 224 cm³/mol. The van der Waals surface area contributed by atoms with Crippen molar-refractivity contribution in [2.75, 3.05) is 6.61 Å². The van der Waals surface area contributed by atoms with Crippen molar-refractivity contribution >= 4 is 5.91 Å². The molecule has 0 bridgehead atoms. The summed E-state index contributed by atoms with van der Waals surface area (Å²) in [6, 6.07) is -1.00. The lowest BCUT2D eigenvalue weighted by molar-refractivity contribution is -0.132. The quantitative estimate of drug-likeness (QED) is 0.0318. The smallest absolute Gasteiger partial charge is 0.249 e. The number of hydrogen-bond acceptors (Lipinski definition) is 5. The van der Waals surface area contributed by atoms with Crippen LogP contribution >= 0.6 is 0 Å². The van der Waals surface area contributed by atoms with Gasteiger partial charge in [0, 0.05) is 0 Å². The van der Waals surface area contributed by atoms with Crippen LogP contribution in [0, 0.1) is 0 Å². The molecule has 52 heavy (non-hydrogen) atoms. The van der Waals surface area contributed by atoms with Crippen LogP contribution < -0.4 is 5.32 Å². The van der Waals surface area contributed by atoms with E-state index in [4.69, 9.17) is 0 Å². The van der Waals surface area contributed by atoms with E-state index in [0.29, 0.717) is 12.8 Å². The lowest BCUT2D eigenvalue weighted by Crippen LogP contribution is -2.53. The van der Waals surface area contributed by atoms with Crippen molar-refractivity contribution in [1.29, 1.82) is 0 Å². The van der Waals surface area contributed by atoms with Gasteiger partial charge in [0.05, 0.1) is 18.8 Å². The Morgan fingerprint density at radius 2 is 0.846 bits per heavy atom. The molecule has 0 aliphatic carbocycles. The number of hydrogen-bond donors (Lipinski definition) is 5. The molecule has 4 atom stereocenters. The van der Waals surface area contributed by atoms with Crippen LogP contribution in [-0.2, 0) is 4.79 Å². The lowest BCUT2D eigenvalue weighted by Gasteiger charge is -2.27. The van der Waals surface area contributed by atoms with E-state index in [1.54, 1.807) is 0 Å². The van der Waals surface area contributed by atoms with E-state index >= 15 is 0 Å². The number of allylic oxidation sites excluding steroid dienone is 6. The fraction of sp³-hybridized carbons (Fsp3) is 0.848. The predicted octanol–water partition coefficient (Wildman–Crippen LogP) is 11.7. The molecule has 0 spiro atoms. The van der Waals surface area contributed by atoms with E-state index in [-0.39, 0.29) is 0 Å². The standard InChI is InChI=1S/C46H87NO5/c1-3-5-7-9-11-13-15-17-18-19-20-21-22-23-24-25-26-27-28-30-32-34-36-38-40-44(50)46(52)47-42(41-48)45(51)43(49)39-37-35-33-31-29-16-14-12-10-8-6-4-2/h20-21,23-24,31,33,42-45,48-51H,3-19,22,25-30,32,34-41H2,1-2H3,(H,47,52)/b21-20-,24-23-,33-31+. The van der Waals surface area contributed by atoms with Crippen molar-refractivity contribution < 1.29 is 25.2 Å². The molecule has 0 aromatic carbocycles. The van der Waals surface area contributed by atoms with Gasteiger partial charge in [-0.15, -0.1) is 0 Å². The van der Waals surface area contributed by atoms with Gasteiger partial charge in [-0.2, -0.15) is 0 Å². The number of carbonyl (C=O) groups is 1. The van der Waals surface area contributed by atoms with Crippen LogP contribution in [0.4, 0.5) is 0 Å². The maximum absolute atomic E-state index is 12.5. The van der Waals surface area contributed by atoms with Gasteiger partial charge in [-0.25, -0.2) is 0 Å². The average molecular weight is 734 g/mol. The number of aliphatic hydroxyl groups excluding tert-OH is 4. The number of carbonyl (C=O) groups excluding carboxylic acids is 1. The second-order valence-electron chi connectivity index (χ2n) is 15.4. The Balaban J connectivity index is 3.74. The first-order valence-electron chi connectivity index (χ1n) is 22.4. The van der Waals surface area contributed by atoms with Crippen LogP contribution in [0.3, 0.4) is 0 Å². The third-order valence-electron chi connectivity index (χ3n) is 10.3. The summed E-state index contributed by atoms with van der Waals surface area (Å²) in [4.78, 5) is 12.5. The summed E-state index contributed by atoms with van der Waals surface area (Å²) in [5, 5.41) is 43.6. The zero-order valence-corrected chi connectivity index (χ0v) is 34.3. The van der Waals surface area contributed by atoms with Gasteiger partial charge in [-0.05, 0) is 70.6 Å². The Labute approximate surface area is 322 Å². The zero-order chi connectivity index (χ0) is 38.2. The van der Waals surface area contributed by atoms with Crippen LogP contribution in [0.1, 0.15) is 219 Å². The van der Waals surface area contributed by atoms with Crippen molar-refractivity contribution in [3.63, 3.8) is 0 Å².